The molecule has 0 aromatic heterocycles. The van der Waals surface area contributed by atoms with Crippen molar-refractivity contribution in [2.24, 2.45) is 0 Å². The Morgan fingerprint density at radius 3 is 2.29 bits per heavy atom. The summed E-state index contributed by atoms with van der Waals surface area (Å²) in [6, 6.07) is 17.5. The zero-order chi connectivity index (χ0) is 25.1. The van der Waals surface area contributed by atoms with E-state index in [0.717, 1.165) is 0 Å². The number of methoxy groups -OCH3 is 1. The van der Waals surface area contributed by atoms with Crippen LogP contribution in [0, 0.1) is 10.1 Å². The molecule has 3 aromatic rings. The first kappa shape index (κ1) is 23.5. The van der Waals surface area contributed by atoms with Crippen LogP contribution in [-0.2, 0) is 9.59 Å². The average Bonchev–Trinajstić information content (AvgIpc) is 3.14. The van der Waals surface area contributed by atoms with Gasteiger partial charge in [0.15, 0.2) is 0 Å². The topological polar surface area (TPSA) is 119 Å². The zero-order valence-corrected chi connectivity index (χ0v) is 19.0. The highest BCUT2D eigenvalue weighted by Gasteiger charge is 2.47. The van der Waals surface area contributed by atoms with Gasteiger partial charge in [0.1, 0.15) is 17.3 Å². The van der Waals surface area contributed by atoms with Gasteiger partial charge in [-0.1, -0.05) is 12.1 Å². The molecule has 35 heavy (non-hydrogen) atoms. The minimum Gasteiger partial charge on any atom is -0.507 e. The van der Waals surface area contributed by atoms with Crippen molar-refractivity contribution in [1.29, 1.82) is 0 Å². The molecule has 3 aromatic carbocycles. The van der Waals surface area contributed by atoms with E-state index in [9.17, 15) is 24.8 Å². The molecule has 1 atom stereocenters. The number of nitro benzene ring substituents is 1. The standard InChI is InChI=1S/C26H22N2O7/c1-3-35-21-11-7-16(8-12-21)24(29)22-23(17-5-4-6-19(15-17)28(32)33)27(26(31)25(22)30)18-9-13-20(34-2)14-10-18/h4-15,23,29H,3H2,1-2H3/b24-22+. The summed E-state index contributed by atoms with van der Waals surface area (Å²) in [6.07, 6.45) is 0. The molecule has 1 amide bonds. The highest BCUT2D eigenvalue weighted by molar-refractivity contribution is 6.51. The van der Waals surface area contributed by atoms with Crippen LogP contribution < -0.4 is 14.4 Å². The fraction of sp³-hybridized carbons (Fsp3) is 0.154. The van der Waals surface area contributed by atoms with Crippen molar-refractivity contribution >= 4 is 28.8 Å². The van der Waals surface area contributed by atoms with Crippen molar-refractivity contribution in [3.63, 3.8) is 0 Å². The number of carbonyl (C=O) groups is 2. The Kier molecular flexibility index (Phi) is 6.50. The molecule has 4 rings (SSSR count). The van der Waals surface area contributed by atoms with E-state index in [0.29, 0.717) is 34.9 Å². The lowest BCUT2D eigenvalue weighted by Gasteiger charge is -2.25. The molecule has 178 valence electrons. The van der Waals surface area contributed by atoms with E-state index in [2.05, 4.69) is 0 Å². The lowest BCUT2D eigenvalue weighted by molar-refractivity contribution is -0.384. The van der Waals surface area contributed by atoms with Crippen LogP contribution in [0.25, 0.3) is 5.76 Å². The molecule has 1 saturated heterocycles. The van der Waals surface area contributed by atoms with Gasteiger partial charge >= 0.3 is 0 Å². The summed E-state index contributed by atoms with van der Waals surface area (Å²) in [5.41, 5.74) is 0.604. The summed E-state index contributed by atoms with van der Waals surface area (Å²) in [6.45, 7) is 2.30. The van der Waals surface area contributed by atoms with Crippen LogP contribution in [0.1, 0.15) is 24.1 Å². The van der Waals surface area contributed by atoms with Gasteiger partial charge in [0.2, 0.25) is 0 Å². The number of hydrogen-bond donors (Lipinski definition) is 1. The second kappa shape index (κ2) is 9.68. The van der Waals surface area contributed by atoms with Crippen molar-refractivity contribution in [2.75, 3.05) is 18.6 Å². The van der Waals surface area contributed by atoms with Crippen LogP contribution in [0.15, 0.2) is 78.4 Å². The fourth-order valence-corrected chi connectivity index (χ4v) is 4.00. The first-order chi connectivity index (χ1) is 16.8. The summed E-state index contributed by atoms with van der Waals surface area (Å²) in [5, 5.41) is 22.6. The predicted molar refractivity (Wildman–Crippen MR) is 128 cm³/mol. The number of benzene rings is 3. The number of hydrogen-bond acceptors (Lipinski definition) is 7. The molecule has 9 nitrogen and oxygen atoms in total. The summed E-state index contributed by atoms with van der Waals surface area (Å²) >= 11 is 0. The number of anilines is 1. The van der Waals surface area contributed by atoms with Gasteiger partial charge in [0, 0.05) is 23.4 Å². The number of carbonyl (C=O) groups excluding carboxylic acids is 2. The predicted octanol–water partition coefficient (Wildman–Crippen LogP) is 4.63. The smallest absolute Gasteiger partial charge is 0.300 e. The van der Waals surface area contributed by atoms with E-state index in [1.807, 2.05) is 6.92 Å². The Hall–Kier alpha value is -4.66. The number of aliphatic hydroxyl groups is 1. The van der Waals surface area contributed by atoms with Crippen LogP contribution in [-0.4, -0.2) is 35.4 Å². The van der Waals surface area contributed by atoms with Gasteiger partial charge in [-0.25, -0.2) is 0 Å². The first-order valence-electron chi connectivity index (χ1n) is 10.8. The Labute approximate surface area is 201 Å². The van der Waals surface area contributed by atoms with Crippen molar-refractivity contribution in [2.45, 2.75) is 13.0 Å². The lowest BCUT2D eigenvalue weighted by Crippen LogP contribution is -2.29. The van der Waals surface area contributed by atoms with E-state index < -0.39 is 22.7 Å². The Bertz CT molecular complexity index is 1310. The van der Waals surface area contributed by atoms with E-state index in [4.69, 9.17) is 9.47 Å². The summed E-state index contributed by atoms with van der Waals surface area (Å²) < 4.78 is 10.6. The van der Waals surface area contributed by atoms with Gasteiger partial charge in [-0.15, -0.1) is 0 Å². The molecule has 0 bridgehead atoms. The summed E-state index contributed by atoms with van der Waals surface area (Å²) in [7, 11) is 1.50. The SMILES string of the molecule is CCOc1ccc(/C(O)=C2\C(=O)C(=O)N(c3ccc(OC)cc3)C2c2cccc([N+](=O)[O-])c2)cc1. The lowest BCUT2D eigenvalue weighted by atomic mass is 9.94. The third-order valence-electron chi connectivity index (χ3n) is 5.63. The number of amides is 1. The van der Waals surface area contributed by atoms with Crippen molar-refractivity contribution in [1.82, 2.24) is 0 Å². The molecule has 1 aliphatic rings. The van der Waals surface area contributed by atoms with Gasteiger partial charge in [-0.05, 0) is 61.0 Å². The highest BCUT2D eigenvalue weighted by atomic mass is 16.6. The maximum absolute atomic E-state index is 13.2. The second-order valence-corrected chi connectivity index (χ2v) is 7.68. The van der Waals surface area contributed by atoms with Crippen molar-refractivity contribution in [3.8, 4) is 11.5 Å². The summed E-state index contributed by atoms with van der Waals surface area (Å²) in [5.74, 6) is -1.02. The van der Waals surface area contributed by atoms with Crippen molar-refractivity contribution in [3.05, 3.63) is 99.6 Å². The van der Waals surface area contributed by atoms with Gasteiger partial charge in [0.05, 0.1) is 30.3 Å². The minimum atomic E-state index is -1.09. The van der Waals surface area contributed by atoms with Crippen LogP contribution >= 0.6 is 0 Å². The normalized spacial score (nSPS) is 16.9. The first-order valence-corrected chi connectivity index (χ1v) is 10.8. The number of Topliss-reactive ketones (excluding diaryl/α,β-unsaturated/α-hetero) is 1. The summed E-state index contributed by atoms with van der Waals surface area (Å²) in [4.78, 5) is 38.5. The zero-order valence-electron chi connectivity index (χ0n) is 19.0. The molecule has 0 spiro atoms. The number of rotatable bonds is 7. The largest absolute Gasteiger partial charge is 0.507 e. The third-order valence-corrected chi connectivity index (χ3v) is 5.63. The minimum absolute atomic E-state index is 0.171. The molecule has 1 aliphatic heterocycles. The molecular formula is C26H22N2O7. The van der Waals surface area contributed by atoms with E-state index in [1.165, 1.54) is 30.2 Å². The Morgan fingerprint density at radius 2 is 1.69 bits per heavy atom. The average molecular weight is 474 g/mol. The Morgan fingerprint density at radius 1 is 1.03 bits per heavy atom. The monoisotopic (exact) mass is 474 g/mol. The highest BCUT2D eigenvalue weighted by Crippen LogP contribution is 2.43. The number of ether oxygens (including phenoxy) is 2. The van der Waals surface area contributed by atoms with Crippen LogP contribution in [0.5, 0.6) is 11.5 Å². The van der Waals surface area contributed by atoms with Gasteiger partial charge in [0.25, 0.3) is 17.4 Å². The maximum Gasteiger partial charge on any atom is 0.300 e. The van der Waals surface area contributed by atoms with Gasteiger partial charge in [-0.3, -0.25) is 24.6 Å². The maximum atomic E-state index is 13.2. The van der Waals surface area contributed by atoms with Gasteiger partial charge in [-0.2, -0.15) is 0 Å². The quantitative estimate of drug-likeness (QED) is 0.174. The van der Waals surface area contributed by atoms with Crippen LogP contribution in [0.4, 0.5) is 11.4 Å². The van der Waals surface area contributed by atoms with Crippen LogP contribution in [0.3, 0.4) is 0 Å². The second-order valence-electron chi connectivity index (χ2n) is 7.68. The molecule has 1 fully saturated rings. The fourth-order valence-electron chi connectivity index (χ4n) is 4.00. The number of aliphatic hydroxyl groups excluding tert-OH is 1. The number of nitrogens with zero attached hydrogens (tertiary/aromatic N) is 2. The number of non-ortho nitro benzene ring substituents is 1. The molecule has 1 N–H and O–H groups in total. The Balaban J connectivity index is 1.90. The van der Waals surface area contributed by atoms with Crippen LogP contribution in [0.2, 0.25) is 0 Å². The molecule has 1 unspecified atom stereocenters. The van der Waals surface area contributed by atoms with E-state index in [1.54, 1.807) is 54.6 Å². The molecule has 1 heterocycles. The molecule has 0 aliphatic carbocycles. The molecule has 0 saturated carbocycles. The van der Waals surface area contributed by atoms with E-state index in [-0.39, 0.29) is 17.0 Å². The third kappa shape index (κ3) is 4.43. The molecule has 9 heteroatoms. The van der Waals surface area contributed by atoms with Gasteiger partial charge < -0.3 is 14.6 Å². The van der Waals surface area contributed by atoms with Crippen molar-refractivity contribution < 1.29 is 29.1 Å². The van der Waals surface area contributed by atoms with E-state index >= 15 is 0 Å². The number of ketones is 1. The molecule has 0 radical (unpaired) electrons. The number of nitro groups is 1. The molecular weight excluding hydrogens is 452 g/mol.